The highest BCUT2D eigenvalue weighted by Gasteiger charge is 2.13. The molecule has 1 aromatic heterocycles. The molecule has 0 aliphatic rings. The van der Waals surface area contributed by atoms with E-state index in [4.69, 9.17) is 0 Å². The van der Waals surface area contributed by atoms with Gasteiger partial charge in [-0.3, -0.25) is 14.6 Å². The SMILES string of the molecule is Cc1ccc(CNC(=O)c2cncc(C(=O)Nc3c(C)cccc3C)c2)cc1. The molecular weight excluding hydrogens is 350 g/mol. The fraction of sp³-hybridized carbons (Fsp3) is 0.174. The van der Waals surface area contributed by atoms with Crippen LogP contribution in [-0.2, 0) is 6.54 Å². The monoisotopic (exact) mass is 373 g/mol. The van der Waals surface area contributed by atoms with E-state index in [0.29, 0.717) is 17.7 Å². The van der Waals surface area contributed by atoms with Crippen LogP contribution >= 0.6 is 0 Å². The molecule has 2 amide bonds. The van der Waals surface area contributed by atoms with Crippen molar-refractivity contribution in [1.82, 2.24) is 10.3 Å². The van der Waals surface area contributed by atoms with Crippen LogP contribution in [0, 0.1) is 20.8 Å². The van der Waals surface area contributed by atoms with Crippen LogP contribution in [0.15, 0.2) is 60.9 Å². The normalized spacial score (nSPS) is 10.4. The number of hydrogen-bond donors (Lipinski definition) is 2. The smallest absolute Gasteiger partial charge is 0.257 e. The Balaban J connectivity index is 1.69. The number of anilines is 1. The second-order valence-corrected chi connectivity index (χ2v) is 6.85. The summed E-state index contributed by atoms with van der Waals surface area (Å²) < 4.78 is 0. The first-order valence-electron chi connectivity index (χ1n) is 9.10. The van der Waals surface area contributed by atoms with Gasteiger partial charge in [-0.1, -0.05) is 48.0 Å². The van der Waals surface area contributed by atoms with Crippen molar-refractivity contribution in [3.63, 3.8) is 0 Å². The van der Waals surface area contributed by atoms with Gasteiger partial charge in [-0.15, -0.1) is 0 Å². The molecular formula is C23H23N3O2. The molecule has 0 saturated heterocycles. The average Bonchev–Trinajstić information content (AvgIpc) is 2.70. The molecule has 2 aromatic carbocycles. The minimum atomic E-state index is -0.293. The Labute approximate surface area is 164 Å². The van der Waals surface area contributed by atoms with E-state index in [9.17, 15) is 9.59 Å². The van der Waals surface area contributed by atoms with Gasteiger partial charge in [-0.2, -0.15) is 0 Å². The van der Waals surface area contributed by atoms with Crippen LogP contribution in [0.3, 0.4) is 0 Å². The first-order chi connectivity index (χ1) is 13.4. The Kier molecular flexibility index (Phi) is 5.84. The number of benzene rings is 2. The number of carbonyl (C=O) groups is 2. The number of aryl methyl sites for hydroxylation is 3. The van der Waals surface area contributed by atoms with E-state index in [2.05, 4.69) is 15.6 Å². The molecule has 3 rings (SSSR count). The van der Waals surface area contributed by atoms with Gasteiger partial charge < -0.3 is 10.6 Å². The topological polar surface area (TPSA) is 71.1 Å². The Bertz CT molecular complexity index is 990. The van der Waals surface area contributed by atoms with E-state index >= 15 is 0 Å². The number of nitrogens with zero attached hydrogens (tertiary/aromatic N) is 1. The molecule has 0 fully saturated rings. The van der Waals surface area contributed by atoms with Crippen LogP contribution in [-0.4, -0.2) is 16.8 Å². The van der Waals surface area contributed by atoms with E-state index in [1.54, 1.807) is 6.07 Å². The highest BCUT2D eigenvalue weighted by Crippen LogP contribution is 2.20. The van der Waals surface area contributed by atoms with Crippen LogP contribution in [0.4, 0.5) is 5.69 Å². The first kappa shape index (κ1) is 19.3. The maximum absolute atomic E-state index is 12.6. The van der Waals surface area contributed by atoms with Crippen LogP contribution in [0.1, 0.15) is 43.0 Å². The van der Waals surface area contributed by atoms with Gasteiger partial charge in [0.05, 0.1) is 11.1 Å². The summed E-state index contributed by atoms with van der Waals surface area (Å²) in [6.45, 7) is 6.31. The third-order valence-electron chi connectivity index (χ3n) is 4.56. The molecule has 0 unspecified atom stereocenters. The lowest BCUT2D eigenvalue weighted by Crippen LogP contribution is -2.23. The number of pyridine rings is 1. The molecule has 1 heterocycles. The zero-order chi connectivity index (χ0) is 20.1. The summed E-state index contributed by atoms with van der Waals surface area (Å²) in [4.78, 5) is 29.1. The predicted molar refractivity (Wildman–Crippen MR) is 110 cm³/mol. The molecule has 142 valence electrons. The molecule has 5 heteroatoms. The maximum atomic E-state index is 12.6. The standard InChI is InChI=1S/C23H23N3O2/c1-15-7-9-18(10-8-15)12-25-22(27)19-11-20(14-24-13-19)23(28)26-21-16(2)5-4-6-17(21)3/h4-11,13-14H,12H2,1-3H3,(H,25,27)(H,26,28). The van der Waals surface area contributed by atoms with Crippen molar-refractivity contribution in [1.29, 1.82) is 0 Å². The maximum Gasteiger partial charge on any atom is 0.257 e. The highest BCUT2D eigenvalue weighted by molar-refractivity contribution is 6.06. The number of amides is 2. The largest absolute Gasteiger partial charge is 0.348 e. The van der Waals surface area contributed by atoms with Gasteiger partial charge in [0.1, 0.15) is 0 Å². The van der Waals surface area contributed by atoms with Crippen molar-refractivity contribution in [3.8, 4) is 0 Å². The minimum absolute atomic E-state index is 0.269. The third kappa shape index (κ3) is 4.62. The van der Waals surface area contributed by atoms with Gasteiger partial charge in [-0.25, -0.2) is 0 Å². The number of aromatic nitrogens is 1. The zero-order valence-corrected chi connectivity index (χ0v) is 16.2. The molecule has 0 aliphatic heterocycles. The average molecular weight is 373 g/mol. The Hall–Kier alpha value is -3.47. The molecule has 5 nitrogen and oxygen atoms in total. The molecule has 0 radical (unpaired) electrons. The van der Waals surface area contributed by atoms with Crippen LogP contribution in [0.25, 0.3) is 0 Å². The van der Waals surface area contributed by atoms with Crippen molar-refractivity contribution in [2.75, 3.05) is 5.32 Å². The summed E-state index contributed by atoms with van der Waals surface area (Å²) in [7, 11) is 0. The quantitative estimate of drug-likeness (QED) is 0.704. The van der Waals surface area contributed by atoms with Crippen LogP contribution < -0.4 is 10.6 Å². The second kappa shape index (κ2) is 8.48. The highest BCUT2D eigenvalue weighted by atomic mass is 16.2. The Morgan fingerprint density at radius 1 is 0.857 bits per heavy atom. The van der Waals surface area contributed by atoms with Gasteiger partial charge in [0.25, 0.3) is 11.8 Å². The number of hydrogen-bond acceptors (Lipinski definition) is 3. The third-order valence-corrected chi connectivity index (χ3v) is 4.56. The molecule has 28 heavy (non-hydrogen) atoms. The number of para-hydroxylation sites is 1. The number of nitrogens with one attached hydrogen (secondary N) is 2. The van der Waals surface area contributed by atoms with Gasteiger partial charge >= 0.3 is 0 Å². The van der Waals surface area contributed by atoms with Gasteiger partial charge in [0, 0.05) is 24.6 Å². The first-order valence-corrected chi connectivity index (χ1v) is 9.10. The molecule has 0 spiro atoms. The van der Waals surface area contributed by atoms with Gasteiger partial charge in [0.15, 0.2) is 0 Å². The van der Waals surface area contributed by atoms with E-state index < -0.39 is 0 Å². The molecule has 0 aliphatic carbocycles. The summed E-state index contributed by atoms with van der Waals surface area (Å²) in [6, 6.07) is 15.3. The van der Waals surface area contributed by atoms with Gasteiger partial charge in [-0.05, 0) is 43.5 Å². The molecule has 2 N–H and O–H groups in total. The Morgan fingerprint density at radius 2 is 1.46 bits per heavy atom. The van der Waals surface area contributed by atoms with Crippen molar-refractivity contribution in [2.45, 2.75) is 27.3 Å². The van der Waals surface area contributed by atoms with Crippen molar-refractivity contribution < 1.29 is 9.59 Å². The predicted octanol–water partition coefficient (Wildman–Crippen LogP) is 4.19. The summed E-state index contributed by atoms with van der Waals surface area (Å²) in [5.41, 5.74) is 5.60. The lowest BCUT2D eigenvalue weighted by Gasteiger charge is -2.12. The van der Waals surface area contributed by atoms with Crippen molar-refractivity contribution in [2.24, 2.45) is 0 Å². The van der Waals surface area contributed by atoms with E-state index in [1.165, 1.54) is 18.0 Å². The lowest BCUT2D eigenvalue weighted by molar-refractivity contribution is 0.0950. The summed E-state index contributed by atoms with van der Waals surface area (Å²) in [5, 5.41) is 5.77. The minimum Gasteiger partial charge on any atom is -0.348 e. The Morgan fingerprint density at radius 3 is 2.11 bits per heavy atom. The number of carbonyl (C=O) groups excluding carboxylic acids is 2. The molecule has 0 bridgehead atoms. The summed E-state index contributed by atoms with van der Waals surface area (Å²) >= 11 is 0. The van der Waals surface area contributed by atoms with Crippen molar-refractivity contribution >= 4 is 17.5 Å². The van der Waals surface area contributed by atoms with Crippen LogP contribution in [0.5, 0.6) is 0 Å². The number of rotatable bonds is 5. The zero-order valence-electron chi connectivity index (χ0n) is 16.2. The lowest BCUT2D eigenvalue weighted by atomic mass is 10.1. The van der Waals surface area contributed by atoms with Crippen LogP contribution in [0.2, 0.25) is 0 Å². The van der Waals surface area contributed by atoms with Gasteiger partial charge in [0.2, 0.25) is 0 Å². The summed E-state index contributed by atoms with van der Waals surface area (Å²) in [6.07, 6.45) is 2.92. The van der Waals surface area contributed by atoms with E-state index in [1.807, 2.05) is 63.2 Å². The second-order valence-electron chi connectivity index (χ2n) is 6.85. The van der Waals surface area contributed by atoms with Crippen molar-refractivity contribution in [3.05, 3.63) is 94.3 Å². The fourth-order valence-corrected chi connectivity index (χ4v) is 2.88. The molecule has 0 atom stereocenters. The fourth-order valence-electron chi connectivity index (χ4n) is 2.88. The summed E-state index contributed by atoms with van der Waals surface area (Å²) in [5.74, 6) is -0.562. The molecule has 3 aromatic rings. The van der Waals surface area contributed by atoms with E-state index in [0.717, 1.165) is 22.4 Å². The van der Waals surface area contributed by atoms with E-state index in [-0.39, 0.29) is 11.8 Å². The molecule has 0 saturated carbocycles.